The number of hydrogen-bond donors (Lipinski definition) is 2. The summed E-state index contributed by atoms with van der Waals surface area (Å²) in [4.78, 5) is 0. The highest BCUT2D eigenvalue weighted by Gasteiger charge is 1.99. The van der Waals surface area contributed by atoms with Crippen LogP contribution in [0, 0.1) is 0 Å². The summed E-state index contributed by atoms with van der Waals surface area (Å²) in [5.41, 5.74) is 7.54. The van der Waals surface area contributed by atoms with Crippen LogP contribution < -0.4 is 11.1 Å². The Hall–Kier alpha value is -0.610. The molecular weight excluding hydrogens is 248 g/mol. The third-order valence-electron chi connectivity index (χ3n) is 1.70. The minimum atomic E-state index is 0.288. The van der Waals surface area contributed by atoms with Crippen molar-refractivity contribution in [2.45, 2.75) is 13.3 Å². The number of benzene rings is 1. The zero-order chi connectivity index (χ0) is 9.84. The minimum absolute atomic E-state index is 0.288. The fraction of sp³-hybridized carbons (Fsp3) is 0.222. The van der Waals surface area contributed by atoms with Gasteiger partial charge in [-0.2, -0.15) is 0 Å². The molecule has 3 N–H and O–H groups in total. The minimum Gasteiger partial charge on any atom is -0.376 e. The van der Waals surface area contributed by atoms with E-state index in [-0.39, 0.29) is 5.11 Å². The van der Waals surface area contributed by atoms with Crippen molar-refractivity contribution in [2.75, 3.05) is 5.32 Å². The fourth-order valence-electron chi connectivity index (χ4n) is 1.05. The maximum atomic E-state index is 5.35. The molecule has 0 unspecified atom stereocenters. The first kappa shape index (κ1) is 10.5. The number of aryl methyl sites for hydroxylation is 1. The van der Waals surface area contributed by atoms with Crippen LogP contribution in [0.25, 0.3) is 0 Å². The first-order valence-electron chi connectivity index (χ1n) is 3.98. The van der Waals surface area contributed by atoms with Crippen LogP contribution in [0.3, 0.4) is 0 Å². The maximum absolute atomic E-state index is 5.35. The average molecular weight is 259 g/mol. The summed E-state index contributed by atoms with van der Waals surface area (Å²) in [5.74, 6) is 0. The van der Waals surface area contributed by atoms with Crippen LogP contribution in [0.4, 0.5) is 5.69 Å². The predicted octanol–water partition coefficient (Wildman–Crippen LogP) is 2.67. The molecule has 1 aromatic carbocycles. The van der Waals surface area contributed by atoms with Crippen molar-refractivity contribution in [1.29, 1.82) is 0 Å². The van der Waals surface area contributed by atoms with Gasteiger partial charge in [-0.1, -0.05) is 28.9 Å². The molecule has 0 saturated carbocycles. The standard InChI is InChI=1S/C9H11BrN2S/c1-2-6-3-4-7(5-8(6)10)12-9(11)13/h3-5H,2H2,1H3,(H3,11,12,13). The number of halogens is 1. The molecule has 0 aliphatic rings. The van der Waals surface area contributed by atoms with Crippen LogP contribution in [-0.2, 0) is 6.42 Å². The lowest BCUT2D eigenvalue weighted by molar-refractivity contribution is 1.13. The molecule has 70 valence electrons. The van der Waals surface area contributed by atoms with Crippen LogP contribution in [-0.4, -0.2) is 5.11 Å². The highest BCUT2D eigenvalue weighted by atomic mass is 79.9. The lowest BCUT2D eigenvalue weighted by Crippen LogP contribution is -2.18. The van der Waals surface area contributed by atoms with Crippen LogP contribution in [0.1, 0.15) is 12.5 Å². The van der Waals surface area contributed by atoms with Gasteiger partial charge in [-0.15, -0.1) is 0 Å². The topological polar surface area (TPSA) is 38.0 Å². The van der Waals surface area contributed by atoms with E-state index >= 15 is 0 Å². The summed E-state index contributed by atoms with van der Waals surface area (Å²) in [7, 11) is 0. The summed E-state index contributed by atoms with van der Waals surface area (Å²) in [6.07, 6.45) is 1.01. The van der Waals surface area contributed by atoms with Crippen molar-refractivity contribution in [3.8, 4) is 0 Å². The molecule has 4 heteroatoms. The Morgan fingerprint density at radius 3 is 2.77 bits per heavy atom. The van der Waals surface area contributed by atoms with Crippen LogP contribution in [0.2, 0.25) is 0 Å². The fourth-order valence-corrected chi connectivity index (χ4v) is 1.83. The Kier molecular flexibility index (Phi) is 3.69. The van der Waals surface area contributed by atoms with E-state index < -0.39 is 0 Å². The third-order valence-corrected chi connectivity index (χ3v) is 2.54. The third kappa shape index (κ3) is 2.97. The van der Waals surface area contributed by atoms with Crippen molar-refractivity contribution in [1.82, 2.24) is 0 Å². The molecule has 0 spiro atoms. The quantitative estimate of drug-likeness (QED) is 0.802. The highest BCUT2D eigenvalue weighted by molar-refractivity contribution is 9.10. The van der Waals surface area contributed by atoms with Gasteiger partial charge in [0.25, 0.3) is 0 Å². The second-order valence-corrected chi connectivity index (χ2v) is 3.94. The molecule has 0 atom stereocenters. The number of nitrogens with two attached hydrogens (primary N) is 1. The Morgan fingerprint density at radius 2 is 2.31 bits per heavy atom. The zero-order valence-corrected chi connectivity index (χ0v) is 9.71. The largest absolute Gasteiger partial charge is 0.376 e. The van der Waals surface area contributed by atoms with Crippen molar-refractivity contribution in [3.63, 3.8) is 0 Å². The van der Waals surface area contributed by atoms with Gasteiger partial charge in [0.1, 0.15) is 0 Å². The lowest BCUT2D eigenvalue weighted by Gasteiger charge is -2.06. The monoisotopic (exact) mass is 258 g/mol. The van der Waals surface area contributed by atoms with E-state index in [1.807, 2.05) is 18.2 Å². The van der Waals surface area contributed by atoms with Crippen molar-refractivity contribution >= 4 is 38.9 Å². The van der Waals surface area contributed by atoms with E-state index in [1.54, 1.807) is 0 Å². The number of nitrogens with one attached hydrogen (secondary N) is 1. The molecule has 2 nitrogen and oxygen atoms in total. The summed E-state index contributed by atoms with van der Waals surface area (Å²) < 4.78 is 1.08. The molecular formula is C9H11BrN2S. The van der Waals surface area contributed by atoms with E-state index in [0.717, 1.165) is 16.6 Å². The first-order chi connectivity index (χ1) is 6.13. The van der Waals surface area contributed by atoms with Gasteiger partial charge >= 0.3 is 0 Å². The second-order valence-electron chi connectivity index (χ2n) is 2.65. The Labute approximate surface area is 91.6 Å². The van der Waals surface area contributed by atoms with E-state index in [1.165, 1.54) is 5.56 Å². The molecule has 0 fully saturated rings. The normalized spacial score (nSPS) is 9.69. The summed E-state index contributed by atoms with van der Waals surface area (Å²) in [6.45, 7) is 2.11. The van der Waals surface area contributed by atoms with Crippen LogP contribution in [0.5, 0.6) is 0 Å². The highest BCUT2D eigenvalue weighted by Crippen LogP contribution is 2.21. The van der Waals surface area contributed by atoms with Crippen LogP contribution in [0.15, 0.2) is 22.7 Å². The lowest BCUT2D eigenvalue weighted by atomic mass is 10.1. The van der Waals surface area contributed by atoms with Gasteiger partial charge < -0.3 is 11.1 Å². The van der Waals surface area contributed by atoms with Gasteiger partial charge in [0.2, 0.25) is 0 Å². The van der Waals surface area contributed by atoms with Gasteiger partial charge in [-0.25, -0.2) is 0 Å². The number of rotatable bonds is 2. The predicted molar refractivity (Wildman–Crippen MR) is 63.9 cm³/mol. The Morgan fingerprint density at radius 1 is 1.62 bits per heavy atom. The van der Waals surface area contributed by atoms with E-state index in [2.05, 4.69) is 28.2 Å². The molecule has 0 heterocycles. The molecule has 0 amide bonds. The van der Waals surface area contributed by atoms with E-state index in [4.69, 9.17) is 18.0 Å². The summed E-state index contributed by atoms with van der Waals surface area (Å²) in [6, 6.07) is 5.98. The average Bonchev–Trinajstić information content (AvgIpc) is 2.03. The first-order valence-corrected chi connectivity index (χ1v) is 5.18. The number of hydrogen-bond acceptors (Lipinski definition) is 1. The molecule has 0 bridgehead atoms. The number of anilines is 1. The molecule has 1 rings (SSSR count). The molecule has 0 aliphatic carbocycles. The number of thiocarbonyl (C=S) groups is 1. The molecule has 0 radical (unpaired) electrons. The SMILES string of the molecule is CCc1ccc(NC(N)=S)cc1Br. The van der Waals surface area contributed by atoms with Gasteiger partial charge in [0.15, 0.2) is 5.11 Å². The van der Waals surface area contributed by atoms with Crippen molar-refractivity contribution < 1.29 is 0 Å². The molecule has 13 heavy (non-hydrogen) atoms. The summed E-state index contributed by atoms with van der Waals surface area (Å²) in [5, 5.41) is 3.16. The van der Waals surface area contributed by atoms with Gasteiger partial charge in [0, 0.05) is 10.2 Å². The van der Waals surface area contributed by atoms with Crippen molar-refractivity contribution in [3.05, 3.63) is 28.2 Å². The molecule has 0 saturated heterocycles. The second kappa shape index (κ2) is 4.58. The van der Waals surface area contributed by atoms with Crippen molar-refractivity contribution in [2.24, 2.45) is 5.73 Å². The Bertz CT molecular complexity index is 325. The van der Waals surface area contributed by atoms with Gasteiger partial charge in [-0.3, -0.25) is 0 Å². The zero-order valence-electron chi connectivity index (χ0n) is 7.30. The van der Waals surface area contributed by atoms with Gasteiger partial charge in [-0.05, 0) is 36.3 Å². The molecule has 0 aromatic heterocycles. The summed E-state index contributed by atoms with van der Waals surface area (Å²) >= 11 is 8.21. The van der Waals surface area contributed by atoms with E-state index in [9.17, 15) is 0 Å². The smallest absolute Gasteiger partial charge is 0.168 e. The Balaban J connectivity index is 2.89. The van der Waals surface area contributed by atoms with Gasteiger partial charge in [0.05, 0.1) is 0 Å². The molecule has 0 aliphatic heterocycles. The van der Waals surface area contributed by atoms with E-state index in [0.29, 0.717) is 0 Å². The maximum Gasteiger partial charge on any atom is 0.168 e. The molecule has 1 aromatic rings. The van der Waals surface area contributed by atoms with Crippen LogP contribution >= 0.6 is 28.1 Å².